The third kappa shape index (κ3) is 5.32. The zero-order valence-electron chi connectivity index (χ0n) is 12.6. The zero-order chi connectivity index (χ0) is 16.2. The minimum atomic E-state index is -0.605. The average molecular weight is 314 g/mol. The van der Waals surface area contributed by atoms with Gasteiger partial charge in [-0.3, -0.25) is 14.9 Å². The summed E-state index contributed by atoms with van der Waals surface area (Å²) in [6.07, 6.45) is 0. The molecule has 1 aromatic carbocycles. The van der Waals surface area contributed by atoms with Crippen molar-refractivity contribution in [3.63, 3.8) is 0 Å². The summed E-state index contributed by atoms with van der Waals surface area (Å²) in [5.74, 6) is -0.467. The summed E-state index contributed by atoms with van der Waals surface area (Å²) in [6.45, 7) is 5.24. The van der Waals surface area contributed by atoms with E-state index in [0.717, 1.165) is 6.54 Å². The predicted octanol–water partition coefficient (Wildman–Crippen LogP) is 2.57. The normalized spacial score (nSPS) is 11.5. The van der Waals surface area contributed by atoms with E-state index in [2.05, 4.69) is 5.32 Å². The highest BCUT2D eigenvalue weighted by Crippen LogP contribution is 2.23. The van der Waals surface area contributed by atoms with Crippen LogP contribution >= 0.6 is 11.6 Å². The number of hydrogen-bond donors (Lipinski definition) is 1. The van der Waals surface area contributed by atoms with E-state index in [9.17, 15) is 14.9 Å². The van der Waals surface area contributed by atoms with Crippen LogP contribution in [0.4, 0.5) is 5.69 Å². The van der Waals surface area contributed by atoms with E-state index < -0.39 is 10.8 Å². The highest BCUT2D eigenvalue weighted by atomic mass is 35.5. The number of benzene rings is 1. The fourth-order valence-electron chi connectivity index (χ4n) is 2.17. The number of rotatable bonds is 6. The first kappa shape index (κ1) is 17.4. The molecular weight excluding hydrogens is 294 g/mol. The molecule has 1 N–H and O–H groups in total. The summed E-state index contributed by atoms with van der Waals surface area (Å²) in [7, 11) is 3.90. The summed E-state index contributed by atoms with van der Waals surface area (Å²) in [6, 6.07) is 4.02. The summed E-state index contributed by atoms with van der Waals surface area (Å²) in [5.41, 5.74) is -0.407. The molecule has 0 heterocycles. The lowest BCUT2D eigenvalue weighted by molar-refractivity contribution is -0.385. The molecule has 0 spiro atoms. The lowest BCUT2D eigenvalue weighted by atomic mass is 9.93. The van der Waals surface area contributed by atoms with Gasteiger partial charge in [-0.05, 0) is 31.6 Å². The SMILES string of the molecule is CN(C)CC(C)(C)CNC(=O)c1ccc(Cl)cc1[N+](=O)[O-]. The third-order valence-electron chi connectivity index (χ3n) is 2.87. The Labute approximate surface area is 129 Å². The van der Waals surface area contributed by atoms with Crippen molar-refractivity contribution in [3.8, 4) is 0 Å². The first-order valence-corrected chi connectivity index (χ1v) is 6.87. The maximum absolute atomic E-state index is 12.1. The Morgan fingerprint density at radius 2 is 2.05 bits per heavy atom. The van der Waals surface area contributed by atoms with Crippen LogP contribution in [0.5, 0.6) is 0 Å². The fourth-order valence-corrected chi connectivity index (χ4v) is 2.34. The Morgan fingerprint density at radius 1 is 1.43 bits per heavy atom. The maximum Gasteiger partial charge on any atom is 0.283 e. The van der Waals surface area contributed by atoms with Gasteiger partial charge in [0.25, 0.3) is 11.6 Å². The minimum absolute atomic E-state index is 0.0186. The van der Waals surface area contributed by atoms with E-state index in [1.165, 1.54) is 18.2 Å². The number of hydrogen-bond acceptors (Lipinski definition) is 4. The molecule has 0 saturated carbocycles. The van der Waals surface area contributed by atoms with Crippen LogP contribution in [0.25, 0.3) is 0 Å². The lowest BCUT2D eigenvalue weighted by Crippen LogP contribution is -2.40. The number of amides is 1. The first-order chi connectivity index (χ1) is 9.62. The van der Waals surface area contributed by atoms with Crippen molar-refractivity contribution >= 4 is 23.2 Å². The Hall–Kier alpha value is -1.66. The molecule has 1 amide bonds. The number of carbonyl (C=O) groups is 1. The number of nitro benzene ring substituents is 1. The molecule has 0 radical (unpaired) electrons. The van der Waals surface area contributed by atoms with Crippen molar-refractivity contribution < 1.29 is 9.72 Å². The molecule has 0 saturated heterocycles. The quantitative estimate of drug-likeness (QED) is 0.647. The molecule has 0 aliphatic heterocycles. The van der Waals surface area contributed by atoms with E-state index in [0.29, 0.717) is 6.54 Å². The van der Waals surface area contributed by atoms with E-state index in [-0.39, 0.29) is 21.7 Å². The molecule has 1 rings (SSSR count). The topological polar surface area (TPSA) is 75.5 Å². The molecule has 1 aromatic rings. The number of nitrogens with one attached hydrogen (secondary N) is 1. The maximum atomic E-state index is 12.1. The van der Waals surface area contributed by atoms with Crippen LogP contribution in [0.2, 0.25) is 5.02 Å². The molecule has 21 heavy (non-hydrogen) atoms. The van der Waals surface area contributed by atoms with Gasteiger partial charge in [-0.25, -0.2) is 0 Å². The van der Waals surface area contributed by atoms with Gasteiger partial charge in [0, 0.05) is 24.2 Å². The summed E-state index contributed by atoms with van der Waals surface area (Å²) in [5, 5.41) is 14.0. The van der Waals surface area contributed by atoms with Crippen molar-refractivity contribution in [1.29, 1.82) is 0 Å². The standard InChI is InChI=1S/C14H20ClN3O3/c1-14(2,9-17(3)4)8-16-13(19)11-6-5-10(15)7-12(11)18(20)21/h5-7H,8-9H2,1-4H3,(H,16,19). The second-order valence-corrected chi connectivity index (χ2v) is 6.44. The van der Waals surface area contributed by atoms with Crippen molar-refractivity contribution in [2.24, 2.45) is 5.41 Å². The van der Waals surface area contributed by atoms with Gasteiger partial charge in [0.2, 0.25) is 0 Å². The molecule has 0 fully saturated rings. The van der Waals surface area contributed by atoms with Gasteiger partial charge in [0.15, 0.2) is 0 Å². The van der Waals surface area contributed by atoms with E-state index in [1.807, 2.05) is 32.8 Å². The van der Waals surface area contributed by atoms with Gasteiger partial charge in [-0.15, -0.1) is 0 Å². The Kier molecular flexibility index (Phi) is 5.69. The van der Waals surface area contributed by atoms with Gasteiger partial charge >= 0.3 is 0 Å². The van der Waals surface area contributed by atoms with Crippen molar-refractivity contribution in [2.45, 2.75) is 13.8 Å². The number of carbonyl (C=O) groups excluding carboxylic acids is 1. The molecule has 0 aliphatic carbocycles. The van der Waals surface area contributed by atoms with Gasteiger partial charge in [-0.2, -0.15) is 0 Å². The van der Waals surface area contributed by atoms with Gasteiger partial charge in [0.1, 0.15) is 5.56 Å². The lowest BCUT2D eigenvalue weighted by Gasteiger charge is -2.28. The van der Waals surface area contributed by atoms with Crippen LogP contribution < -0.4 is 5.32 Å². The molecule has 6 nitrogen and oxygen atoms in total. The van der Waals surface area contributed by atoms with Crippen LogP contribution in [0.3, 0.4) is 0 Å². The fraction of sp³-hybridized carbons (Fsp3) is 0.500. The second kappa shape index (κ2) is 6.87. The highest BCUT2D eigenvalue weighted by molar-refractivity contribution is 6.31. The monoisotopic (exact) mass is 313 g/mol. The summed E-state index contributed by atoms with van der Waals surface area (Å²) in [4.78, 5) is 24.5. The van der Waals surface area contributed by atoms with Crippen LogP contribution in [-0.4, -0.2) is 42.9 Å². The van der Waals surface area contributed by atoms with Crippen molar-refractivity contribution in [3.05, 3.63) is 38.9 Å². The number of nitrogens with zero attached hydrogens (tertiary/aromatic N) is 2. The molecule has 0 unspecified atom stereocenters. The molecule has 116 valence electrons. The van der Waals surface area contributed by atoms with Gasteiger partial charge in [-0.1, -0.05) is 25.4 Å². The number of nitro groups is 1. The molecule has 0 atom stereocenters. The van der Waals surface area contributed by atoms with Gasteiger partial charge < -0.3 is 10.2 Å². The van der Waals surface area contributed by atoms with E-state index in [1.54, 1.807) is 0 Å². The van der Waals surface area contributed by atoms with Crippen LogP contribution in [0, 0.1) is 15.5 Å². The Morgan fingerprint density at radius 3 is 2.57 bits per heavy atom. The predicted molar refractivity (Wildman–Crippen MR) is 82.8 cm³/mol. The zero-order valence-corrected chi connectivity index (χ0v) is 13.4. The van der Waals surface area contributed by atoms with Crippen LogP contribution in [-0.2, 0) is 0 Å². The third-order valence-corrected chi connectivity index (χ3v) is 3.11. The van der Waals surface area contributed by atoms with Crippen LogP contribution in [0.1, 0.15) is 24.2 Å². The van der Waals surface area contributed by atoms with E-state index in [4.69, 9.17) is 11.6 Å². The highest BCUT2D eigenvalue weighted by Gasteiger charge is 2.24. The first-order valence-electron chi connectivity index (χ1n) is 6.49. The largest absolute Gasteiger partial charge is 0.351 e. The van der Waals surface area contributed by atoms with Crippen molar-refractivity contribution in [1.82, 2.24) is 10.2 Å². The number of halogens is 1. The minimum Gasteiger partial charge on any atom is -0.351 e. The van der Waals surface area contributed by atoms with Gasteiger partial charge in [0.05, 0.1) is 4.92 Å². The molecule has 7 heteroatoms. The average Bonchev–Trinajstić information content (AvgIpc) is 2.34. The smallest absolute Gasteiger partial charge is 0.283 e. The molecule has 0 bridgehead atoms. The molecule has 0 aromatic heterocycles. The summed E-state index contributed by atoms with van der Waals surface area (Å²) >= 11 is 5.73. The molecular formula is C14H20ClN3O3. The molecule has 0 aliphatic rings. The second-order valence-electron chi connectivity index (χ2n) is 6.00. The van der Waals surface area contributed by atoms with Crippen molar-refractivity contribution in [2.75, 3.05) is 27.2 Å². The van der Waals surface area contributed by atoms with E-state index >= 15 is 0 Å². The Balaban J connectivity index is 2.84. The Bertz CT molecular complexity index is 544. The van der Waals surface area contributed by atoms with Crippen LogP contribution in [0.15, 0.2) is 18.2 Å². The summed E-state index contributed by atoms with van der Waals surface area (Å²) < 4.78 is 0.